The van der Waals surface area contributed by atoms with Crippen LogP contribution in [0.4, 0.5) is 11.4 Å². The van der Waals surface area contributed by atoms with Crippen molar-refractivity contribution in [3.8, 4) is 0 Å². The Morgan fingerprint density at radius 3 is 2.72 bits per heavy atom. The molecule has 0 aromatic heterocycles. The van der Waals surface area contributed by atoms with Crippen LogP contribution in [0.5, 0.6) is 0 Å². The summed E-state index contributed by atoms with van der Waals surface area (Å²) >= 11 is 3.41. The van der Waals surface area contributed by atoms with E-state index >= 15 is 0 Å². The Morgan fingerprint density at radius 1 is 1.22 bits per heavy atom. The fraction of sp³-hybridized carbons (Fsp3) is 0.0714. The maximum atomic E-state index is 12.0. The molecule has 0 heterocycles. The molecular weight excluding hydrogens is 292 g/mol. The molecule has 0 fully saturated rings. The predicted molar refractivity (Wildman–Crippen MR) is 77.7 cm³/mol. The van der Waals surface area contributed by atoms with E-state index in [1.165, 1.54) is 0 Å². The Balaban J connectivity index is 2.24. The first-order valence-corrected chi connectivity index (χ1v) is 6.28. The van der Waals surface area contributed by atoms with E-state index in [2.05, 4.69) is 21.2 Å². The van der Waals surface area contributed by atoms with Gasteiger partial charge in [0.25, 0.3) is 5.91 Å². The molecule has 2 aromatic carbocycles. The van der Waals surface area contributed by atoms with Gasteiger partial charge in [-0.25, -0.2) is 0 Å². The minimum atomic E-state index is -0.173. The van der Waals surface area contributed by atoms with Crippen LogP contribution in [-0.4, -0.2) is 5.91 Å². The molecule has 0 unspecified atom stereocenters. The van der Waals surface area contributed by atoms with E-state index < -0.39 is 0 Å². The summed E-state index contributed by atoms with van der Waals surface area (Å²) in [7, 11) is 0. The van der Waals surface area contributed by atoms with E-state index in [-0.39, 0.29) is 5.91 Å². The molecule has 0 bridgehead atoms. The lowest BCUT2D eigenvalue weighted by molar-refractivity contribution is 0.102. The van der Waals surface area contributed by atoms with Crippen LogP contribution in [0.3, 0.4) is 0 Å². The second-order valence-corrected chi connectivity index (χ2v) is 4.92. The molecule has 0 aliphatic carbocycles. The number of benzene rings is 2. The largest absolute Gasteiger partial charge is 0.399 e. The third-order valence-electron chi connectivity index (χ3n) is 2.52. The van der Waals surface area contributed by atoms with Crippen molar-refractivity contribution in [1.29, 1.82) is 0 Å². The van der Waals surface area contributed by atoms with Crippen molar-refractivity contribution in [2.45, 2.75) is 6.92 Å². The van der Waals surface area contributed by atoms with Gasteiger partial charge in [0, 0.05) is 15.7 Å². The molecule has 0 spiro atoms. The lowest BCUT2D eigenvalue weighted by Gasteiger charge is -2.08. The molecule has 1 amide bonds. The number of carbonyl (C=O) groups excluding carboxylic acids is 1. The molecule has 4 heteroatoms. The van der Waals surface area contributed by atoms with Crippen LogP contribution in [0, 0.1) is 6.92 Å². The molecule has 2 aromatic rings. The zero-order valence-electron chi connectivity index (χ0n) is 9.91. The molecule has 3 nitrogen and oxygen atoms in total. The Bertz CT molecular complexity index is 596. The molecule has 2 rings (SSSR count). The van der Waals surface area contributed by atoms with Gasteiger partial charge in [0.15, 0.2) is 0 Å². The van der Waals surface area contributed by atoms with E-state index in [9.17, 15) is 4.79 Å². The normalized spacial score (nSPS) is 10.1. The molecule has 18 heavy (non-hydrogen) atoms. The first kappa shape index (κ1) is 12.6. The Labute approximate surface area is 114 Å². The fourth-order valence-electron chi connectivity index (χ4n) is 1.61. The van der Waals surface area contributed by atoms with E-state index in [1.54, 1.807) is 24.3 Å². The third kappa shape index (κ3) is 2.90. The summed E-state index contributed by atoms with van der Waals surface area (Å²) in [6, 6.07) is 12.7. The van der Waals surface area contributed by atoms with Gasteiger partial charge in [-0.3, -0.25) is 4.79 Å². The first-order valence-electron chi connectivity index (χ1n) is 5.49. The SMILES string of the molecule is Cc1ccc(Br)c(NC(=O)c2cccc(N)c2)c1. The minimum absolute atomic E-state index is 0.173. The topological polar surface area (TPSA) is 55.1 Å². The van der Waals surface area contributed by atoms with Crippen LogP contribution in [0.15, 0.2) is 46.9 Å². The van der Waals surface area contributed by atoms with Gasteiger partial charge < -0.3 is 11.1 Å². The number of amides is 1. The monoisotopic (exact) mass is 304 g/mol. The highest BCUT2D eigenvalue weighted by Crippen LogP contribution is 2.24. The minimum Gasteiger partial charge on any atom is -0.399 e. The molecule has 0 atom stereocenters. The number of anilines is 2. The van der Waals surface area contributed by atoms with Crippen LogP contribution >= 0.6 is 15.9 Å². The lowest BCUT2D eigenvalue weighted by atomic mass is 10.1. The van der Waals surface area contributed by atoms with Crippen molar-refractivity contribution < 1.29 is 4.79 Å². The summed E-state index contributed by atoms with van der Waals surface area (Å²) < 4.78 is 0.852. The molecule has 92 valence electrons. The molecule has 0 aliphatic heterocycles. The van der Waals surface area contributed by atoms with Gasteiger partial charge in [0.05, 0.1) is 5.69 Å². The summed E-state index contributed by atoms with van der Waals surface area (Å²) in [6.45, 7) is 1.97. The van der Waals surface area contributed by atoms with Gasteiger partial charge in [0.2, 0.25) is 0 Å². The maximum absolute atomic E-state index is 12.0. The number of aryl methyl sites for hydroxylation is 1. The number of nitrogen functional groups attached to an aromatic ring is 1. The van der Waals surface area contributed by atoms with Gasteiger partial charge in [-0.1, -0.05) is 12.1 Å². The number of hydrogen-bond acceptors (Lipinski definition) is 2. The van der Waals surface area contributed by atoms with Crippen molar-refractivity contribution in [2.75, 3.05) is 11.1 Å². The second-order valence-electron chi connectivity index (χ2n) is 4.06. The highest BCUT2D eigenvalue weighted by atomic mass is 79.9. The number of nitrogens with two attached hydrogens (primary N) is 1. The van der Waals surface area contributed by atoms with Crippen LogP contribution in [0.2, 0.25) is 0 Å². The number of halogens is 1. The summed E-state index contributed by atoms with van der Waals surface area (Å²) in [6.07, 6.45) is 0. The van der Waals surface area contributed by atoms with Crippen LogP contribution in [0.1, 0.15) is 15.9 Å². The van der Waals surface area contributed by atoms with E-state index in [1.807, 2.05) is 25.1 Å². The standard InChI is InChI=1S/C14H13BrN2O/c1-9-5-6-12(15)13(7-9)17-14(18)10-3-2-4-11(16)8-10/h2-8H,16H2,1H3,(H,17,18). The van der Waals surface area contributed by atoms with Crippen molar-refractivity contribution >= 4 is 33.2 Å². The van der Waals surface area contributed by atoms with Gasteiger partial charge >= 0.3 is 0 Å². The van der Waals surface area contributed by atoms with Crippen molar-refractivity contribution in [2.24, 2.45) is 0 Å². The summed E-state index contributed by atoms with van der Waals surface area (Å²) in [5.41, 5.74) is 8.61. The van der Waals surface area contributed by atoms with Gasteiger partial charge in [0.1, 0.15) is 0 Å². The molecule has 0 saturated heterocycles. The van der Waals surface area contributed by atoms with E-state index in [0.29, 0.717) is 11.3 Å². The molecular formula is C14H13BrN2O. The average molecular weight is 305 g/mol. The molecule has 0 aliphatic rings. The molecule has 3 N–H and O–H groups in total. The van der Waals surface area contributed by atoms with Crippen molar-refractivity contribution in [1.82, 2.24) is 0 Å². The predicted octanol–water partition coefficient (Wildman–Crippen LogP) is 3.59. The van der Waals surface area contributed by atoms with Crippen LogP contribution in [-0.2, 0) is 0 Å². The summed E-state index contributed by atoms with van der Waals surface area (Å²) in [5, 5.41) is 2.85. The smallest absolute Gasteiger partial charge is 0.255 e. The number of hydrogen-bond donors (Lipinski definition) is 2. The average Bonchev–Trinajstić information content (AvgIpc) is 2.34. The lowest BCUT2D eigenvalue weighted by Crippen LogP contribution is -2.12. The molecule has 0 saturated carbocycles. The zero-order chi connectivity index (χ0) is 13.1. The zero-order valence-corrected chi connectivity index (χ0v) is 11.5. The second kappa shape index (κ2) is 5.23. The number of carbonyl (C=O) groups is 1. The first-order chi connectivity index (χ1) is 8.56. The third-order valence-corrected chi connectivity index (χ3v) is 3.21. The van der Waals surface area contributed by atoms with E-state index in [0.717, 1.165) is 15.7 Å². The highest BCUT2D eigenvalue weighted by molar-refractivity contribution is 9.10. The molecule has 0 radical (unpaired) electrons. The Hall–Kier alpha value is -1.81. The highest BCUT2D eigenvalue weighted by Gasteiger charge is 2.08. The van der Waals surface area contributed by atoms with Gasteiger partial charge in [-0.05, 0) is 58.7 Å². The van der Waals surface area contributed by atoms with Crippen molar-refractivity contribution in [3.63, 3.8) is 0 Å². The number of rotatable bonds is 2. The van der Waals surface area contributed by atoms with E-state index in [4.69, 9.17) is 5.73 Å². The van der Waals surface area contributed by atoms with Crippen molar-refractivity contribution in [3.05, 3.63) is 58.1 Å². The Morgan fingerprint density at radius 2 is 2.00 bits per heavy atom. The van der Waals surface area contributed by atoms with Crippen LogP contribution < -0.4 is 11.1 Å². The van der Waals surface area contributed by atoms with Gasteiger partial charge in [-0.2, -0.15) is 0 Å². The fourth-order valence-corrected chi connectivity index (χ4v) is 1.96. The summed E-state index contributed by atoms with van der Waals surface area (Å²) in [4.78, 5) is 12.0. The van der Waals surface area contributed by atoms with Gasteiger partial charge in [-0.15, -0.1) is 0 Å². The van der Waals surface area contributed by atoms with Crippen LogP contribution in [0.25, 0.3) is 0 Å². The summed E-state index contributed by atoms with van der Waals surface area (Å²) in [5.74, 6) is -0.173. The maximum Gasteiger partial charge on any atom is 0.255 e. The number of nitrogens with one attached hydrogen (secondary N) is 1. The Kier molecular flexibility index (Phi) is 3.67. The quantitative estimate of drug-likeness (QED) is 0.833.